The number of piperazine rings is 1. The van der Waals surface area contributed by atoms with Gasteiger partial charge in [-0.25, -0.2) is 19.9 Å². The first-order chi connectivity index (χ1) is 15.2. The lowest BCUT2D eigenvalue weighted by atomic mass is 10.0. The number of imidazole rings is 1. The number of rotatable bonds is 4. The minimum Gasteiger partial charge on any atom is -0.402 e. The zero-order valence-electron chi connectivity index (χ0n) is 17.5. The van der Waals surface area contributed by atoms with E-state index in [2.05, 4.69) is 30.2 Å². The van der Waals surface area contributed by atoms with E-state index in [1.807, 2.05) is 6.92 Å². The maximum Gasteiger partial charge on any atom is 0.434 e. The fourth-order valence-electron chi connectivity index (χ4n) is 3.82. The molecule has 1 saturated heterocycles. The van der Waals surface area contributed by atoms with Crippen molar-refractivity contribution in [3.8, 4) is 11.5 Å². The minimum atomic E-state index is -4.57. The normalized spacial score (nSPS) is 20.3. The standard InChI is InChI=1S/C20H22F3N9/c1-11-8-31(9-14(29-11)13(5-24)12(2)25)17-3-4-26-19(30-17)15-6-28-18-7-27-16(10-32(15)18)20(21,22)23/h3-7,10-11,14,24,29H,8-9,25H2,1-2H3/p+1/b13-12+,24-5?. The van der Waals surface area contributed by atoms with Gasteiger partial charge in [0, 0.05) is 37.2 Å². The highest BCUT2D eigenvalue weighted by Gasteiger charge is 2.33. The van der Waals surface area contributed by atoms with Crippen molar-refractivity contribution in [1.29, 1.82) is 0 Å². The van der Waals surface area contributed by atoms with Crippen LogP contribution in [-0.2, 0) is 6.18 Å². The molecule has 0 bridgehead atoms. The number of hydrogen-bond acceptors (Lipinski definition) is 7. The van der Waals surface area contributed by atoms with Crippen LogP contribution in [0.25, 0.3) is 17.2 Å². The Morgan fingerprint density at radius 2 is 2.03 bits per heavy atom. The number of nitrogens with two attached hydrogens (primary N) is 2. The van der Waals surface area contributed by atoms with E-state index < -0.39 is 11.9 Å². The predicted molar refractivity (Wildman–Crippen MR) is 112 cm³/mol. The first kappa shape index (κ1) is 21.7. The summed E-state index contributed by atoms with van der Waals surface area (Å²) in [5.74, 6) is 0.896. The number of alkyl halides is 3. The molecule has 1 aliphatic heterocycles. The number of nitrogens with one attached hydrogen (secondary N) is 1. The van der Waals surface area contributed by atoms with Crippen molar-refractivity contribution in [1.82, 2.24) is 29.7 Å². The number of hydrogen-bond donors (Lipinski definition) is 3. The van der Waals surface area contributed by atoms with Crippen LogP contribution in [0.5, 0.6) is 0 Å². The molecule has 4 rings (SSSR count). The third kappa shape index (κ3) is 4.13. The van der Waals surface area contributed by atoms with Crippen LogP contribution in [0.1, 0.15) is 19.5 Å². The van der Waals surface area contributed by atoms with Crippen molar-refractivity contribution in [3.63, 3.8) is 0 Å². The molecule has 0 aliphatic carbocycles. The highest BCUT2D eigenvalue weighted by molar-refractivity contribution is 5.76. The van der Waals surface area contributed by atoms with Gasteiger partial charge in [0.2, 0.25) is 0 Å². The first-order valence-electron chi connectivity index (χ1n) is 9.93. The summed E-state index contributed by atoms with van der Waals surface area (Å²) in [4.78, 5) is 18.5. The van der Waals surface area contributed by atoms with E-state index in [0.29, 0.717) is 30.3 Å². The van der Waals surface area contributed by atoms with Crippen LogP contribution in [0.2, 0.25) is 0 Å². The van der Waals surface area contributed by atoms with E-state index in [-0.39, 0.29) is 23.6 Å². The monoisotopic (exact) mass is 446 g/mol. The van der Waals surface area contributed by atoms with Gasteiger partial charge in [-0.15, -0.1) is 0 Å². The molecule has 3 aromatic rings. The maximum atomic E-state index is 13.1. The van der Waals surface area contributed by atoms with Crippen molar-refractivity contribution in [2.45, 2.75) is 32.1 Å². The van der Waals surface area contributed by atoms with Gasteiger partial charge in [0.15, 0.2) is 23.4 Å². The Bertz CT molecular complexity index is 1180. The Balaban J connectivity index is 1.70. The first-order valence-corrected chi connectivity index (χ1v) is 9.93. The van der Waals surface area contributed by atoms with Crippen LogP contribution in [0, 0.1) is 0 Å². The Morgan fingerprint density at radius 3 is 2.72 bits per heavy atom. The Hall–Kier alpha value is -3.54. The molecule has 1 aliphatic rings. The van der Waals surface area contributed by atoms with Gasteiger partial charge in [0.25, 0.3) is 0 Å². The summed E-state index contributed by atoms with van der Waals surface area (Å²) >= 11 is 0. The molecular weight excluding hydrogens is 423 g/mol. The van der Waals surface area contributed by atoms with E-state index in [0.717, 1.165) is 18.0 Å². The van der Waals surface area contributed by atoms with E-state index in [4.69, 9.17) is 11.1 Å². The fraction of sp³-hybridized carbons (Fsp3) is 0.350. The van der Waals surface area contributed by atoms with Crippen molar-refractivity contribution in [2.24, 2.45) is 5.73 Å². The van der Waals surface area contributed by atoms with Crippen molar-refractivity contribution in [2.75, 3.05) is 18.0 Å². The summed E-state index contributed by atoms with van der Waals surface area (Å²) in [6.07, 6.45) is 1.90. The van der Waals surface area contributed by atoms with Crippen LogP contribution >= 0.6 is 0 Å². The number of nitrogens with zero attached hydrogens (tertiary/aromatic N) is 6. The van der Waals surface area contributed by atoms with Crippen LogP contribution in [0.4, 0.5) is 19.0 Å². The van der Waals surface area contributed by atoms with Crippen molar-refractivity contribution >= 4 is 17.7 Å². The average molecular weight is 446 g/mol. The number of allylic oxidation sites excluding steroid dienone is 1. The molecule has 0 aromatic carbocycles. The molecule has 168 valence electrons. The number of halogens is 3. The van der Waals surface area contributed by atoms with Gasteiger partial charge >= 0.3 is 6.18 Å². The quantitative estimate of drug-likeness (QED) is 0.497. The topological polar surface area (TPSA) is 123 Å². The summed E-state index contributed by atoms with van der Waals surface area (Å²) < 4.78 is 40.7. The molecule has 4 heterocycles. The molecule has 12 heteroatoms. The van der Waals surface area contributed by atoms with Gasteiger partial charge in [-0.3, -0.25) is 9.81 Å². The van der Waals surface area contributed by atoms with Crippen LogP contribution in [0.15, 0.2) is 42.1 Å². The van der Waals surface area contributed by atoms with Crippen LogP contribution in [-0.4, -0.2) is 55.7 Å². The van der Waals surface area contributed by atoms with Gasteiger partial charge in [0.05, 0.1) is 24.0 Å². The predicted octanol–water partition coefficient (Wildman–Crippen LogP) is 0.434. The molecule has 2 atom stereocenters. The largest absolute Gasteiger partial charge is 0.434 e. The van der Waals surface area contributed by atoms with Crippen LogP contribution in [0.3, 0.4) is 0 Å². The fourth-order valence-corrected chi connectivity index (χ4v) is 3.82. The molecule has 3 aromatic heterocycles. The smallest absolute Gasteiger partial charge is 0.402 e. The summed E-state index contributed by atoms with van der Waals surface area (Å²) in [5.41, 5.74) is 7.00. The Labute approximate surface area is 181 Å². The average Bonchev–Trinajstić information content (AvgIpc) is 3.16. The van der Waals surface area contributed by atoms with E-state index in [1.165, 1.54) is 16.8 Å². The molecule has 9 nitrogen and oxygen atoms in total. The molecule has 5 N–H and O–H groups in total. The summed E-state index contributed by atoms with van der Waals surface area (Å²) in [6, 6.07) is 1.79. The lowest BCUT2D eigenvalue weighted by Gasteiger charge is -2.38. The van der Waals surface area contributed by atoms with Gasteiger partial charge in [0.1, 0.15) is 11.5 Å². The number of anilines is 1. The Kier molecular flexibility index (Phi) is 5.55. The number of aromatic nitrogens is 5. The molecule has 32 heavy (non-hydrogen) atoms. The second-order valence-corrected chi connectivity index (χ2v) is 7.71. The lowest BCUT2D eigenvalue weighted by Crippen LogP contribution is -2.58. The molecule has 0 amide bonds. The summed E-state index contributed by atoms with van der Waals surface area (Å²) in [6.45, 7) is 5.07. The summed E-state index contributed by atoms with van der Waals surface area (Å²) in [7, 11) is 0. The Morgan fingerprint density at radius 1 is 1.25 bits per heavy atom. The third-order valence-electron chi connectivity index (χ3n) is 5.27. The zero-order chi connectivity index (χ0) is 23.0. The molecule has 0 saturated carbocycles. The van der Waals surface area contributed by atoms with E-state index in [9.17, 15) is 13.2 Å². The van der Waals surface area contributed by atoms with Gasteiger partial charge in [-0.1, -0.05) is 0 Å². The number of fused-ring (bicyclic) bond motifs is 1. The van der Waals surface area contributed by atoms with Crippen molar-refractivity contribution < 1.29 is 18.6 Å². The van der Waals surface area contributed by atoms with E-state index in [1.54, 1.807) is 19.2 Å². The minimum absolute atomic E-state index is 0.0941. The molecule has 2 unspecified atom stereocenters. The second-order valence-electron chi connectivity index (χ2n) is 7.71. The highest BCUT2D eigenvalue weighted by Crippen LogP contribution is 2.29. The highest BCUT2D eigenvalue weighted by atomic mass is 19.4. The lowest BCUT2D eigenvalue weighted by molar-refractivity contribution is -0.141. The van der Waals surface area contributed by atoms with Gasteiger partial charge in [-0.05, 0) is 19.9 Å². The van der Waals surface area contributed by atoms with Crippen molar-refractivity contribution in [3.05, 3.63) is 47.8 Å². The SMILES string of the molecule is C/C(N)=C(/C=[NH2+])C1CN(c2ccnc(-c3cnc4cnc(C(F)(F)F)cn34)n2)CC(C)N1. The zero-order valence-corrected chi connectivity index (χ0v) is 17.5. The maximum absolute atomic E-state index is 13.1. The molecule has 0 spiro atoms. The molecule has 0 radical (unpaired) electrons. The summed E-state index contributed by atoms with van der Waals surface area (Å²) in [5, 5.41) is 9.25. The van der Waals surface area contributed by atoms with Gasteiger partial charge < -0.3 is 16.0 Å². The van der Waals surface area contributed by atoms with E-state index >= 15 is 0 Å². The molecular formula is C20H23F3N9+. The van der Waals surface area contributed by atoms with Crippen LogP contribution < -0.4 is 21.4 Å². The second kappa shape index (κ2) is 8.19. The van der Waals surface area contributed by atoms with Gasteiger partial charge in [-0.2, -0.15) is 13.2 Å². The molecule has 1 fully saturated rings. The third-order valence-corrected chi connectivity index (χ3v) is 5.27.